The van der Waals surface area contributed by atoms with Gasteiger partial charge in [0.25, 0.3) is 12.3 Å². The van der Waals surface area contributed by atoms with Crippen molar-refractivity contribution in [2.75, 3.05) is 12.1 Å². The second-order valence-corrected chi connectivity index (χ2v) is 8.15. The Balaban J connectivity index is 1.36. The number of hydrogen-bond donors (Lipinski definition) is 2. The molecular formula is C24H24F2N4O3. The largest absolute Gasteiger partial charge is 0.454 e. The molecule has 0 saturated heterocycles. The Kier molecular flexibility index (Phi) is 5.62. The highest BCUT2D eigenvalue weighted by Crippen LogP contribution is 2.39. The van der Waals surface area contributed by atoms with E-state index in [1.54, 1.807) is 12.1 Å². The van der Waals surface area contributed by atoms with E-state index in [2.05, 4.69) is 22.7 Å². The molecule has 2 aliphatic heterocycles. The molecule has 0 saturated carbocycles. The highest BCUT2D eigenvalue weighted by molar-refractivity contribution is 5.98. The van der Waals surface area contributed by atoms with Crippen LogP contribution in [0.1, 0.15) is 52.5 Å². The summed E-state index contributed by atoms with van der Waals surface area (Å²) in [7, 11) is 0. The van der Waals surface area contributed by atoms with Crippen LogP contribution in [0.3, 0.4) is 0 Å². The number of carbonyl (C=O) groups is 1. The van der Waals surface area contributed by atoms with Gasteiger partial charge < -0.3 is 20.1 Å². The molecule has 3 aromatic rings. The molecule has 1 amide bonds. The first kappa shape index (κ1) is 21.2. The summed E-state index contributed by atoms with van der Waals surface area (Å²) in [5.74, 6) is 1.20. The molecule has 9 heteroatoms. The van der Waals surface area contributed by atoms with Crippen LogP contribution in [0.2, 0.25) is 0 Å². The van der Waals surface area contributed by atoms with E-state index in [9.17, 15) is 13.6 Å². The van der Waals surface area contributed by atoms with Crippen LogP contribution in [0, 0.1) is 0 Å². The first-order chi connectivity index (χ1) is 16.0. The Morgan fingerprint density at radius 3 is 2.70 bits per heavy atom. The van der Waals surface area contributed by atoms with Gasteiger partial charge in [0.05, 0.1) is 12.2 Å². The number of anilines is 1. The van der Waals surface area contributed by atoms with Crippen LogP contribution >= 0.6 is 0 Å². The van der Waals surface area contributed by atoms with E-state index in [1.807, 2.05) is 30.3 Å². The number of amides is 1. The summed E-state index contributed by atoms with van der Waals surface area (Å²) in [5.41, 5.74) is 3.14. The quantitative estimate of drug-likeness (QED) is 0.575. The topological polar surface area (TPSA) is 77.4 Å². The molecule has 172 valence electrons. The fourth-order valence-corrected chi connectivity index (χ4v) is 4.23. The van der Waals surface area contributed by atoms with E-state index in [0.717, 1.165) is 17.5 Å². The van der Waals surface area contributed by atoms with Gasteiger partial charge in [-0.15, -0.1) is 0 Å². The molecule has 1 aromatic heterocycles. The second-order valence-electron chi connectivity index (χ2n) is 8.15. The lowest BCUT2D eigenvalue weighted by Crippen LogP contribution is -2.32. The fourth-order valence-electron chi connectivity index (χ4n) is 4.23. The van der Waals surface area contributed by atoms with Gasteiger partial charge in [0.1, 0.15) is 17.4 Å². The highest BCUT2D eigenvalue weighted by atomic mass is 19.3. The Labute approximate surface area is 189 Å². The molecule has 0 spiro atoms. The minimum Gasteiger partial charge on any atom is -0.454 e. The molecule has 33 heavy (non-hydrogen) atoms. The third-order valence-corrected chi connectivity index (χ3v) is 6.11. The van der Waals surface area contributed by atoms with E-state index >= 15 is 0 Å². The predicted molar refractivity (Wildman–Crippen MR) is 118 cm³/mol. The van der Waals surface area contributed by atoms with Crippen LogP contribution < -0.4 is 20.1 Å². The van der Waals surface area contributed by atoms with Crippen molar-refractivity contribution in [1.29, 1.82) is 0 Å². The molecule has 2 aromatic carbocycles. The van der Waals surface area contributed by atoms with Gasteiger partial charge in [-0.25, -0.2) is 13.5 Å². The van der Waals surface area contributed by atoms with E-state index < -0.39 is 18.4 Å². The van der Waals surface area contributed by atoms with Gasteiger partial charge >= 0.3 is 0 Å². The van der Waals surface area contributed by atoms with Gasteiger partial charge in [-0.2, -0.15) is 5.10 Å². The van der Waals surface area contributed by atoms with E-state index in [0.29, 0.717) is 17.3 Å². The lowest BCUT2D eigenvalue weighted by atomic mass is 9.96. The normalized spacial score (nSPS) is 18.7. The fraction of sp³-hybridized carbons (Fsp3) is 0.333. The molecule has 7 nitrogen and oxygen atoms in total. The molecule has 0 aliphatic carbocycles. The van der Waals surface area contributed by atoms with Crippen molar-refractivity contribution in [3.05, 3.63) is 70.9 Å². The lowest BCUT2D eigenvalue weighted by molar-refractivity contribution is 0.0656. The number of fused-ring (bicyclic) bond motifs is 2. The molecule has 2 atom stereocenters. The van der Waals surface area contributed by atoms with Gasteiger partial charge in [-0.3, -0.25) is 4.79 Å². The van der Waals surface area contributed by atoms with Gasteiger partial charge in [0.2, 0.25) is 6.79 Å². The number of ether oxygens (including phenoxy) is 2. The molecule has 0 bridgehead atoms. The highest BCUT2D eigenvalue weighted by Gasteiger charge is 2.36. The number of halogens is 2. The number of benzene rings is 2. The van der Waals surface area contributed by atoms with Crippen LogP contribution in [0.5, 0.6) is 11.5 Å². The number of aryl methyl sites for hydroxylation is 1. The molecule has 0 unspecified atom stereocenters. The van der Waals surface area contributed by atoms with Crippen molar-refractivity contribution >= 4 is 11.7 Å². The number of nitrogens with zero attached hydrogens (tertiary/aromatic N) is 2. The Morgan fingerprint density at radius 1 is 1.18 bits per heavy atom. The van der Waals surface area contributed by atoms with Crippen LogP contribution in [0.15, 0.2) is 48.7 Å². The van der Waals surface area contributed by atoms with Crippen molar-refractivity contribution in [2.24, 2.45) is 0 Å². The SMILES string of the molecule is CCc1ccc([C@H]2C[C@@H](C(F)F)n3ncc(C(=O)NCc4ccc5c(c4)OCO5)c3N2)cc1. The molecular weight excluding hydrogens is 430 g/mol. The van der Waals surface area contributed by atoms with Gasteiger partial charge in [0, 0.05) is 6.54 Å². The summed E-state index contributed by atoms with van der Waals surface area (Å²) in [6.07, 6.45) is -0.184. The van der Waals surface area contributed by atoms with E-state index in [1.165, 1.54) is 16.4 Å². The zero-order chi connectivity index (χ0) is 22.9. The third-order valence-electron chi connectivity index (χ3n) is 6.11. The number of carbonyl (C=O) groups excluding carboxylic acids is 1. The maximum absolute atomic E-state index is 13.9. The predicted octanol–water partition coefficient (Wildman–Crippen LogP) is 4.47. The Morgan fingerprint density at radius 2 is 1.94 bits per heavy atom. The molecule has 2 aliphatic rings. The third kappa shape index (κ3) is 4.10. The van der Waals surface area contributed by atoms with E-state index in [4.69, 9.17) is 9.47 Å². The second kappa shape index (κ2) is 8.73. The molecule has 5 rings (SSSR count). The Bertz CT molecular complexity index is 1160. The summed E-state index contributed by atoms with van der Waals surface area (Å²) >= 11 is 0. The van der Waals surface area contributed by atoms with Gasteiger partial charge in [0.15, 0.2) is 11.5 Å². The van der Waals surface area contributed by atoms with Crippen molar-refractivity contribution < 1.29 is 23.0 Å². The van der Waals surface area contributed by atoms with E-state index in [-0.39, 0.29) is 31.4 Å². The number of rotatable bonds is 6. The summed E-state index contributed by atoms with van der Waals surface area (Å²) in [6.45, 7) is 2.49. The monoisotopic (exact) mass is 454 g/mol. The summed E-state index contributed by atoms with van der Waals surface area (Å²) in [6, 6.07) is 11.9. The van der Waals surface area contributed by atoms with Crippen molar-refractivity contribution in [3.8, 4) is 11.5 Å². The lowest BCUT2D eigenvalue weighted by Gasteiger charge is -2.32. The molecule has 2 N–H and O–H groups in total. The van der Waals surface area contributed by atoms with Crippen LogP contribution in [-0.4, -0.2) is 28.9 Å². The van der Waals surface area contributed by atoms with Crippen molar-refractivity contribution in [3.63, 3.8) is 0 Å². The van der Waals surface area contributed by atoms with Crippen LogP contribution in [0.25, 0.3) is 0 Å². The van der Waals surface area contributed by atoms with Crippen molar-refractivity contribution in [1.82, 2.24) is 15.1 Å². The van der Waals surface area contributed by atoms with Crippen LogP contribution in [0.4, 0.5) is 14.6 Å². The zero-order valence-electron chi connectivity index (χ0n) is 18.1. The smallest absolute Gasteiger partial charge is 0.260 e. The average molecular weight is 454 g/mol. The first-order valence-corrected chi connectivity index (χ1v) is 10.9. The van der Waals surface area contributed by atoms with Gasteiger partial charge in [-0.05, 0) is 41.7 Å². The number of alkyl halides is 2. The summed E-state index contributed by atoms with van der Waals surface area (Å²) in [4.78, 5) is 12.9. The first-order valence-electron chi connectivity index (χ1n) is 10.9. The standard InChI is InChI=1S/C24H24F2N4O3/c1-2-14-3-6-16(7-4-14)18-10-19(22(25)26)30-23(29-18)17(12-28-30)24(31)27-11-15-5-8-20-21(9-15)33-13-32-20/h3-9,12,18-19,22,29H,2,10-11,13H2,1H3,(H,27,31)/t18-,19+/m1/s1. The zero-order valence-corrected chi connectivity index (χ0v) is 18.1. The maximum atomic E-state index is 13.9. The Hall–Kier alpha value is -3.62. The number of aromatic nitrogens is 2. The van der Waals surface area contributed by atoms with Crippen molar-refractivity contribution in [2.45, 2.75) is 44.8 Å². The minimum absolute atomic E-state index is 0.174. The molecule has 0 fully saturated rings. The van der Waals surface area contributed by atoms with Gasteiger partial charge in [-0.1, -0.05) is 37.3 Å². The number of hydrogen-bond acceptors (Lipinski definition) is 5. The number of nitrogens with one attached hydrogen (secondary N) is 2. The molecule has 3 heterocycles. The maximum Gasteiger partial charge on any atom is 0.260 e. The molecule has 0 radical (unpaired) electrons. The summed E-state index contributed by atoms with van der Waals surface area (Å²) in [5, 5.41) is 10.2. The average Bonchev–Trinajstić information content (AvgIpc) is 3.48. The van der Waals surface area contributed by atoms with Crippen LogP contribution in [-0.2, 0) is 13.0 Å². The summed E-state index contributed by atoms with van der Waals surface area (Å²) < 4.78 is 39.7. The minimum atomic E-state index is -2.60.